The van der Waals surface area contributed by atoms with Gasteiger partial charge in [0, 0.05) is 31.9 Å². The summed E-state index contributed by atoms with van der Waals surface area (Å²) in [6.45, 7) is 1.51. The van der Waals surface area contributed by atoms with Crippen LogP contribution in [0, 0.1) is 23.6 Å². The number of aromatic nitrogens is 1. The molecule has 1 aromatic carbocycles. The fourth-order valence-electron chi connectivity index (χ4n) is 4.10. The van der Waals surface area contributed by atoms with Crippen molar-refractivity contribution in [2.45, 2.75) is 11.3 Å². The van der Waals surface area contributed by atoms with Crippen LogP contribution in [0.15, 0.2) is 53.6 Å². The van der Waals surface area contributed by atoms with Gasteiger partial charge in [0.05, 0.1) is 4.90 Å². The summed E-state index contributed by atoms with van der Waals surface area (Å²) in [6.07, 6.45) is 5.54. The summed E-state index contributed by atoms with van der Waals surface area (Å²) in [5.41, 5.74) is 6.31. The van der Waals surface area contributed by atoms with Crippen molar-refractivity contribution in [1.29, 1.82) is 0 Å². The Morgan fingerprint density at radius 3 is 2.53 bits per heavy atom. The molecule has 1 amide bonds. The van der Waals surface area contributed by atoms with Crippen molar-refractivity contribution < 1.29 is 17.6 Å². The van der Waals surface area contributed by atoms with Crippen LogP contribution in [0.5, 0.6) is 0 Å². The maximum absolute atomic E-state index is 13.0. The molecule has 7 nitrogen and oxygen atoms in total. The molecule has 2 heterocycles. The minimum Gasteiger partial charge on any atom is -0.384 e. The standard InChI is InChI=1S/C21H23FN4O3S/c22-15-3-5-16(6-4-15)30(28,29)26-12-18-17(19(18)13-26)9-10-24-21(27)8-2-14-1-7-20(23)25-11-14/h1-8,11,17-19H,9-10,12-13H2,(H2,23,25)(H,24,27)/b8-2+/t17-,18-,19+. The van der Waals surface area contributed by atoms with E-state index in [0.29, 0.717) is 43.2 Å². The van der Waals surface area contributed by atoms with Gasteiger partial charge in [-0.1, -0.05) is 0 Å². The number of halogens is 1. The fourth-order valence-corrected chi connectivity index (χ4v) is 5.61. The van der Waals surface area contributed by atoms with Gasteiger partial charge in [-0.2, -0.15) is 4.31 Å². The molecule has 0 spiro atoms. The Labute approximate surface area is 174 Å². The third-order valence-corrected chi connectivity index (χ3v) is 7.65. The van der Waals surface area contributed by atoms with Crippen LogP contribution < -0.4 is 11.1 Å². The molecule has 30 heavy (non-hydrogen) atoms. The molecule has 1 aliphatic heterocycles. The van der Waals surface area contributed by atoms with Gasteiger partial charge in [0.15, 0.2) is 0 Å². The van der Waals surface area contributed by atoms with Gasteiger partial charge < -0.3 is 11.1 Å². The van der Waals surface area contributed by atoms with Crippen molar-refractivity contribution in [3.63, 3.8) is 0 Å². The second-order valence-electron chi connectivity index (χ2n) is 7.70. The lowest BCUT2D eigenvalue weighted by atomic mass is 10.2. The molecular weight excluding hydrogens is 407 g/mol. The van der Waals surface area contributed by atoms with Crippen LogP contribution in [-0.2, 0) is 14.8 Å². The molecule has 2 fully saturated rings. The van der Waals surface area contributed by atoms with Gasteiger partial charge in [0.2, 0.25) is 15.9 Å². The summed E-state index contributed by atoms with van der Waals surface area (Å²) in [5.74, 6) is 0.867. The maximum atomic E-state index is 13.0. The molecule has 158 valence electrons. The first-order chi connectivity index (χ1) is 14.3. The number of carbonyl (C=O) groups is 1. The van der Waals surface area contributed by atoms with E-state index in [0.717, 1.165) is 24.1 Å². The SMILES string of the molecule is Nc1ccc(/C=C/C(=O)NCC[C@@H]2[C@H]3CN(S(=O)(=O)c4ccc(F)cc4)C[C@@H]23)cn1. The van der Waals surface area contributed by atoms with Crippen molar-refractivity contribution in [3.8, 4) is 0 Å². The number of anilines is 1. The van der Waals surface area contributed by atoms with Gasteiger partial charge >= 0.3 is 0 Å². The number of amides is 1. The average Bonchev–Trinajstić information content (AvgIpc) is 3.16. The third kappa shape index (κ3) is 4.36. The van der Waals surface area contributed by atoms with Crippen LogP contribution in [0.4, 0.5) is 10.2 Å². The molecule has 3 atom stereocenters. The highest BCUT2D eigenvalue weighted by atomic mass is 32.2. The maximum Gasteiger partial charge on any atom is 0.244 e. The van der Waals surface area contributed by atoms with Gasteiger partial charge in [0.1, 0.15) is 11.6 Å². The number of pyridine rings is 1. The number of nitrogens with two attached hydrogens (primary N) is 1. The number of carbonyl (C=O) groups excluding carboxylic acids is 1. The number of nitrogen functional groups attached to an aromatic ring is 1. The molecule has 3 N–H and O–H groups in total. The van der Waals surface area contributed by atoms with Crippen LogP contribution in [0.3, 0.4) is 0 Å². The molecule has 0 unspecified atom stereocenters. The second kappa shape index (κ2) is 8.16. The van der Waals surface area contributed by atoms with Crippen LogP contribution in [0.1, 0.15) is 12.0 Å². The van der Waals surface area contributed by atoms with Gasteiger partial charge in [0.25, 0.3) is 0 Å². The number of nitrogens with zero attached hydrogens (tertiary/aromatic N) is 2. The Kier molecular flexibility index (Phi) is 5.57. The lowest BCUT2D eigenvalue weighted by molar-refractivity contribution is -0.116. The molecule has 0 radical (unpaired) electrons. The highest BCUT2D eigenvalue weighted by molar-refractivity contribution is 7.89. The average molecular weight is 431 g/mol. The molecule has 0 bridgehead atoms. The number of nitrogens with one attached hydrogen (secondary N) is 1. The van der Waals surface area contributed by atoms with E-state index in [1.165, 1.54) is 22.5 Å². The Morgan fingerprint density at radius 2 is 1.90 bits per heavy atom. The van der Waals surface area contributed by atoms with E-state index in [1.807, 2.05) is 0 Å². The summed E-state index contributed by atoms with van der Waals surface area (Å²) in [4.78, 5) is 16.0. The highest BCUT2D eigenvalue weighted by Gasteiger charge is 2.57. The van der Waals surface area contributed by atoms with E-state index in [2.05, 4.69) is 10.3 Å². The van der Waals surface area contributed by atoms with E-state index in [-0.39, 0.29) is 10.8 Å². The molecule has 2 aromatic rings. The van der Waals surface area contributed by atoms with Gasteiger partial charge in [-0.15, -0.1) is 0 Å². The van der Waals surface area contributed by atoms with E-state index < -0.39 is 15.8 Å². The summed E-state index contributed by atoms with van der Waals surface area (Å²) >= 11 is 0. The first-order valence-corrected chi connectivity index (χ1v) is 11.2. The smallest absolute Gasteiger partial charge is 0.244 e. The molecule has 1 aromatic heterocycles. The van der Waals surface area contributed by atoms with Gasteiger partial charge in [-0.25, -0.2) is 17.8 Å². The fraction of sp³-hybridized carbons (Fsp3) is 0.333. The number of rotatable bonds is 7. The third-order valence-electron chi connectivity index (χ3n) is 5.80. The summed E-state index contributed by atoms with van der Waals surface area (Å²) in [7, 11) is -3.58. The molecule has 1 aliphatic carbocycles. The van der Waals surface area contributed by atoms with Gasteiger partial charge in [-0.3, -0.25) is 4.79 Å². The Hall–Kier alpha value is -2.78. The lowest BCUT2D eigenvalue weighted by Gasteiger charge is -2.19. The molecule has 2 aliphatic rings. The minimum absolute atomic E-state index is 0.122. The Balaban J connectivity index is 1.21. The number of piperidine rings is 1. The number of sulfonamides is 1. The van der Waals surface area contributed by atoms with Crippen LogP contribution in [0.25, 0.3) is 6.08 Å². The second-order valence-corrected chi connectivity index (χ2v) is 9.63. The Bertz CT molecular complexity index is 1040. The van der Waals surface area contributed by atoms with Crippen LogP contribution in [0.2, 0.25) is 0 Å². The normalized spacial score (nSPS) is 23.4. The van der Waals surface area contributed by atoms with Crippen molar-refractivity contribution in [1.82, 2.24) is 14.6 Å². The van der Waals surface area contributed by atoms with E-state index >= 15 is 0 Å². The minimum atomic E-state index is -3.58. The van der Waals surface area contributed by atoms with Crippen LogP contribution in [-0.4, -0.2) is 43.2 Å². The zero-order valence-corrected chi connectivity index (χ0v) is 17.1. The number of fused-ring (bicyclic) bond motifs is 1. The summed E-state index contributed by atoms with van der Waals surface area (Å²) < 4.78 is 39.8. The zero-order chi connectivity index (χ0) is 21.3. The molecule has 1 saturated carbocycles. The van der Waals surface area contributed by atoms with Gasteiger partial charge in [-0.05, 0) is 72.2 Å². The number of hydrogen-bond acceptors (Lipinski definition) is 5. The summed E-state index contributed by atoms with van der Waals surface area (Å²) in [6, 6.07) is 8.37. The van der Waals surface area contributed by atoms with Crippen molar-refractivity contribution in [2.75, 3.05) is 25.4 Å². The molecular formula is C21H23FN4O3S. The zero-order valence-electron chi connectivity index (χ0n) is 16.2. The van der Waals surface area contributed by atoms with Crippen LogP contribution >= 0.6 is 0 Å². The lowest BCUT2D eigenvalue weighted by Crippen LogP contribution is -2.32. The van der Waals surface area contributed by atoms with Crippen molar-refractivity contribution in [2.24, 2.45) is 17.8 Å². The molecule has 1 saturated heterocycles. The first kappa shape index (κ1) is 20.5. The first-order valence-electron chi connectivity index (χ1n) is 9.78. The number of benzene rings is 1. The monoisotopic (exact) mass is 430 g/mol. The highest BCUT2D eigenvalue weighted by Crippen LogP contribution is 2.54. The predicted octanol–water partition coefficient (Wildman–Crippen LogP) is 1.89. The quantitative estimate of drug-likeness (QED) is 0.653. The predicted molar refractivity (Wildman–Crippen MR) is 111 cm³/mol. The molecule has 4 rings (SSSR count). The topological polar surface area (TPSA) is 105 Å². The van der Waals surface area contributed by atoms with E-state index in [9.17, 15) is 17.6 Å². The van der Waals surface area contributed by atoms with Crippen molar-refractivity contribution in [3.05, 3.63) is 60.1 Å². The van der Waals surface area contributed by atoms with E-state index in [4.69, 9.17) is 5.73 Å². The Morgan fingerprint density at radius 1 is 1.20 bits per heavy atom. The largest absolute Gasteiger partial charge is 0.384 e. The molecule has 9 heteroatoms. The van der Waals surface area contributed by atoms with Crippen molar-refractivity contribution >= 4 is 27.8 Å². The number of hydrogen-bond donors (Lipinski definition) is 2. The summed E-state index contributed by atoms with van der Waals surface area (Å²) in [5, 5.41) is 2.86. The van der Waals surface area contributed by atoms with E-state index in [1.54, 1.807) is 24.4 Å².